The van der Waals surface area contributed by atoms with Gasteiger partial charge >= 0.3 is 0 Å². The number of rotatable bonds is 8. The molecule has 0 heterocycles. The van der Waals surface area contributed by atoms with E-state index >= 15 is 0 Å². The predicted molar refractivity (Wildman–Crippen MR) is 110 cm³/mol. The molecule has 0 aliphatic carbocycles. The molecule has 0 radical (unpaired) electrons. The number of amides is 1. The molecular formula is C21H28N2O4S. The third kappa shape index (κ3) is 5.41. The Bertz CT molecular complexity index is 955. The number of sulfonamides is 1. The lowest BCUT2D eigenvalue weighted by Crippen LogP contribution is -2.29. The molecule has 0 aromatic heterocycles. The zero-order valence-electron chi connectivity index (χ0n) is 17.1. The lowest BCUT2D eigenvalue weighted by molar-refractivity contribution is 0.0784. The smallest absolute Gasteiger partial charge is 0.254 e. The van der Waals surface area contributed by atoms with E-state index in [0.717, 1.165) is 16.7 Å². The Labute approximate surface area is 167 Å². The van der Waals surface area contributed by atoms with Crippen LogP contribution in [0.3, 0.4) is 0 Å². The summed E-state index contributed by atoms with van der Waals surface area (Å²) in [5.74, 6) is -0.216. The van der Waals surface area contributed by atoms with Crippen molar-refractivity contribution in [3.8, 4) is 0 Å². The second-order valence-electron chi connectivity index (χ2n) is 6.96. The van der Waals surface area contributed by atoms with E-state index in [-0.39, 0.29) is 24.0 Å². The van der Waals surface area contributed by atoms with Crippen LogP contribution in [0.5, 0.6) is 0 Å². The van der Waals surface area contributed by atoms with Crippen LogP contribution in [0.2, 0.25) is 0 Å². The molecule has 0 aliphatic rings. The predicted octanol–water partition coefficient (Wildman–Crippen LogP) is 2.81. The van der Waals surface area contributed by atoms with Crippen molar-refractivity contribution in [1.29, 1.82) is 0 Å². The van der Waals surface area contributed by atoms with E-state index in [0.29, 0.717) is 12.1 Å². The van der Waals surface area contributed by atoms with Crippen LogP contribution in [0.25, 0.3) is 0 Å². The molecule has 0 saturated heterocycles. The van der Waals surface area contributed by atoms with Crippen LogP contribution in [0, 0.1) is 20.8 Å². The van der Waals surface area contributed by atoms with Crippen molar-refractivity contribution in [3.63, 3.8) is 0 Å². The van der Waals surface area contributed by atoms with Crippen LogP contribution >= 0.6 is 0 Å². The molecule has 6 nitrogen and oxygen atoms in total. The maximum atomic E-state index is 13.0. The Hall–Kier alpha value is -2.22. The number of nitrogens with one attached hydrogen (secondary N) is 1. The van der Waals surface area contributed by atoms with Gasteiger partial charge in [-0.3, -0.25) is 4.79 Å². The zero-order valence-corrected chi connectivity index (χ0v) is 17.9. The van der Waals surface area contributed by atoms with Crippen LogP contribution < -0.4 is 4.72 Å². The van der Waals surface area contributed by atoms with Crippen molar-refractivity contribution in [2.45, 2.75) is 32.2 Å². The van der Waals surface area contributed by atoms with Gasteiger partial charge in [0.15, 0.2) is 0 Å². The number of ether oxygens (including phenoxy) is 1. The summed E-state index contributed by atoms with van der Waals surface area (Å²) in [5.41, 5.74) is 4.46. The van der Waals surface area contributed by atoms with E-state index < -0.39 is 10.0 Å². The fraction of sp³-hybridized carbons (Fsp3) is 0.381. The summed E-state index contributed by atoms with van der Waals surface area (Å²) in [6, 6.07) is 10.7. The Morgan fingerprint density at radius 2 is 1.79 bits per heavy atom. The Morgan fingerprint density at radius 3 is 2.43 bits per heavy atom. The van der Waals surface area contributed by atoms with E-state index in [1.807, 2.05) is 26.0 Å². The van der Waals surface area contributed by atoms with Gasteiger partial charge in [-0.05, 0) is 49.6 Å². The summed E-state index contributed by atoms with van der Waals surface area (Å²) in [4.78, 5) is 14.7. The molecule has 0 aliphatic heterocycles. The second kappa shape index (κ2) is 9.32. The third-order valence-corrected chi connectivity index (χ3v) is 6.06. The number of methoxy groups -OCH3 is 1. The minimum absolute atomic E-state index is 0.0671. The lowest BCUT2D eigenvalue weighted by atomic mass is 10.0. The van der Waals surface area contributed by atoms with Gasteiger partial charge < -0.3 is 9.64 Å². The maximum absolute atomic E-state index is 13.0. The quantitative estimate of drug-likeness (QED) is 0.687. The van der Waals surface area contributed by atoms with Crippen LogP contribution in [0.4, 0.5) is 0 Å². The van der Waals surface area contributed by atoms with Crippen molar-refractivity contribution >= 4 is 15.9 Å². The summed E-state index contributed by atoms with van der Waals surface area (Å²) in [6.07, 6.45) is 0. The average Bonchev–Trinajstić information content (AvgIpc) is 2.63. The molecule has 7 heteroatoms. The molecule has 2 aromatic rings. The third-order valence-electron chi connectivity index (χ3n) is 4.60. The van der Waals surface area contributed by atoms with Gasteiger partial charge in [-0.2, -0.15) is 0 Å². The van der Waals surface area contributed by atoms with Gasteiger partial charge in [0.05, 0.1) is 11.5 Å². The Balaban J connectivity index is 2.24. The summed E-state index contributed by atoms with van der Waals surface area (Å²) < 4.78 is 32.2. The van der Waals surface area contributed by atoms with Crippen LogP contribution in [0.15, 0.2) is 41.3 Å². The number of benzene rings is 2. The highest BCUT2D eigenvalue weighted by Gasteiger charge is 2.20. The molecule has 0 unspecified atom stereocenters. The van der Waals surface area contributed by atoms with E-state index in [9.17, 15) is 13.2 Å². The van der Waals surface area contributed by atoms with Gasteiger partial charge in [0, 0.05) is 32.8 Å². The first-order valence-corrected chi connectivity index (χ1v) is 10.5. The first kappa shape index (κ1) is 22.1. The van der Waals surface area contributed by atoms with Crippen LogP contribution in [-0.4, -0.2) is 46.5 Å². The number of carbonyl (C=O) groups excluding carboxylic acids is 1. The minimum Gasteiger partial charge on any atom is -0.383 e. The maximum Gasteiger partial charge on any atom is 0.254 e. The molecule has 0 spiro atoms. The fourth-order valence-corrected chi connectivity index (χ4v) is 3.96. The summed E-state index contributed by atoms with van der Waals surface area (Å²) in [7, 11) is -0.478. The fourth-order valence-electron chi connectivity index (χ4n) is 2.92. The largest absolute Gasteiger partial charge is 0.383 e. The molecular weight excluding hydrogens is 376 g/mol. The molecule has 1 amide bonds. The highest BCUT2D eigenvalue weighted by atomic mass is 32.2. The van der Waals surface area contributed by atoms with Gasteiger partial charge in [-0.15, -0.1) is 0 Å². The van der Waals surface area contributed by atoms with Crippen molar-refractivity contribution in [1.82, 2.24) is 9.62 Å². The van der Waals surface area contributed by atoms with Crippen molar-refractivity contribution in [2.75, 3.05) is 27.3 Å². The first-order valence-electron chi connectivity index (χ1n) is 9.06. The molecule has 28 heavy (non-hydrogen) atoms. The molecule has 0 saturated carbocycles. The lowest BCUT2D eigenvalue weighted by Gasteiger charge is -2.20. The number of carbonyl (C=O) groups is 1. The standard InChI is InChI=1S/C21H28N2O4S/c1-15-6-8-18(17(3)12-15)14-23(4)21(24)20-13-19(9-7-16(20)2)28(25,26)22-10-11-27-5/h6-9,12-13,22H,10-11,14H2,1-5H3. The molecule has 0 atom stereocenters. The molecule has 2 rings (SSSR count). The van der Waals surface area contributed by atoms with Crippen LogP contribution in [0.1, 0.15) is 32.6 Å². The molecule has 1 N–H and O–H groups in total. The Kier molecular flexibility index (Phi) is 7.35. The normalized spacial score (nSPS) is 11.5. The van der Waals surface area contributed by atoms with Crippen molar-refractivity contribution in [2.24, 2.45) is 0 Å². The summed E-state index contributed by atoms with van der Waals surface area (Å²) >= 11 is 0. The van der Waals surface area contributed by atoms with Gasteiger partial charge in [-0.1, -0.05) is 29.8 Å². The van der Waals surface area contributed by atoms with Gasteiger partial charge in [-0.25, -0.2) is 13.1 Å². The van der Waals surface area contributed by atoms with Crippen molar-refractivity contribution < 1.29 is 17.9 Å². The molecule has 0 bridgehead atoms. The molecule has 0 fully saturated rings. The van der Waals surface area contributed by atoms with E-state index in [1.165, 1.54) is 24.8 Å². The van der Waals surface area contributed by atoms with Crippen LogP contribution in [-0.2, 0) is 21.3 Å². The second-order valence-corrected chi connectivity index (χ2v) is 8.73. The van der Waals surface area contributed by atoms with Crippen molar-refractivity contribution in [3.05, 3.63) is 64.2 Å². The SMILES string of the molecule is COCCNS(=O)(=O)c1ccc(C)c(C(=O)N(C)Cc2ccc(C)cc2C)c1. The number of hydrogen-bond donors (Lipinski definition) is 1. The average molecular weight is 405 g/mol. The molecule has 2 aromatic carbocycles. The van der Waals surface area contributed by atoms with E-state index in [2.05, 4.69) is 10.8 Å². The monoisotopic (exact) mass is 404 g/mol. The van der Waals surface area contributed by atoms with E-state index in [4.69, 9.17) is 4.74 Å². The number of nitrogens with zero attached hydrogens (tertiary/aromatic N) is 1. The summed E-state index contributed by atoms with van der Waals surface area (Å²) in [5, 5.41) is 0. The minimum atomic E-state index is -3.70. The Morgan fingerprint density at radius 1 is 1.07 bits per heavy atom. The van der Waals surface area contributed by atoms with Gasteiger partial charge in [0.1, 0.15) is 0 Å². The highest BCUT2D eigenvalue weighted by Crippen LogP contribution is 2.19. The van der Waals surface area contributed by atoms with E-state index in [1.54, 1.807) is 24.9 Å². The summed E-state index contributed by atoms with van der Waals surface area (Å²) in [6.45, 7) is 6.74. The zero-order chi connectivity index (χ0) is 20.9. The number of hydrogen-bond acceptors (Lipinski definition) is 4. The molecule has 152 valence electrons. The first-order chi connectivity index (χ1) is 13.2. The van der Waals surface area contributed by atoms with Gasteiger partial charge in [0.2, 0.25) is 10.0 Å². The van der Waals surface area contributed by atoms with Gasteiger partial charge in [0.25, 0.3) is 5.91 Å². The topological polar surface area (TPSA) is 75.7 Å². The highest BCUT2D eigenvalue weighted by molar-refractivity contribution is 7.89. The number of aryl methyl sites for hydroxylation is 3.